The summed E-state index contributed by atoms with van der Waals surface area (Å²) in [5.41, 5.74) is -0.824. The Hall–Kier alpha value is -2.07. The highest BCUT2D eigenvalue weighted by molar-refractivity contribution is 5.79. The number of nitrogens with zero attached hydrogens (tertiary/aromatic N) is 5. The zero-order chi connectivity index (χ0) is 42.7. The first-order chi connectivity index (χ1) is 27.4. The van der Waals surface area contributed by atoms with E-state index in [4.69, 9.17) is 9.47 Å². The van der Waals surface area contributed by atoms with Crippen molar-refractivity contribution in [2.75, 3.05) is 107 Å². The fourth-order valence-corrected chi connectivity index (χ4v) is 8.47. The first-order valence-electron chi connectivity index (χ1n) is 22.8. The minimum Gasteiger partial charge on any atom is -0.444 e. The summed E-state index contributed by atoms with van der Waals surface area (Å²) in [4.78, 5) is 46.1. The average Bonchev–Trinajstić information content (AvgIpc) is 3.17. The molecule has 0 aliphatic carbocycles. The SMILES string of the molecule is CC(C)(C)OC(=O)NC1CCNCC1.CN1CCC(=O)CC1.CN1CCC(N2CCC(NC(=O)OC(C)(C)C)CC2)CC1.CNC1CCN(C2CCN(C)CC2)CC1. The number of carbonyl (C=O) groups is 3. The topological polar surface area (TPSA) is 134 Å². The van der Waals surface area contributed by atoms with E-state index in [9.17, 15) is 14.4 Å². The summed E-state index contributed by atoms with van der Waals surface area (Å²) >= 11 is 0. The smallest absolute Gasteiger partial charge is 0.407 e. The second kappa shape index (κ2) is 25.6. The van der Waals surface area contributed by atoms with Crippen LogP contribution in [-0.2, 0) is 14.3 Å². The molecule has 58 heavy (non-hydrogen) atoms. The van der Waals surface area contributed by atoms with Crippen LogP contribution >= 0.6 is 0 Å². The zero-order valence-corrected chi connectivity index (χ0v) is 38.6. The van der Waals surface area contributed by atoms with Crippen molar-refractivity contribution in [1.29, 1.82) is 0 Å². The maximum absolute atomic E-state index is 11.8. The number of likely N-dealkylation sites (tertiary alicyclic amines) is 5. The second-order valence-electron chi connectivity index (χ2n) is 19.6. The van der Waals surface area contributed by atoms with Gasteiger partial charge in [0.05, 0.1) is 0 Å². The summed E-state index contributed by atoms with van der Waals surface area (Å²) in [5.74, 6) is 0.420. The first-order valence-corrected chi connectivity index (χ1v) is 22.8. The van der Waals surface area contributed by atoms with Gasteiger partial charge in [0.15, 0.2) is 0 Å². The van der Waals surface area contributed by atoms with E-state index in [2.05, 4.69) is 66.9 Å². The highest BCUT2D eigenvalue weighted by Gasteiger charge is 2.29. The van der Waals surface area contributed by atoms with Crippen LogP contribution < -0.4 is 21.3 Å². The molecule has 6 aliphatic rings. The van der Waals surface area contributed by atoms with Gasteiger partial charge in [0, 0.05) is 69.2 Å². The minimum atomic E-state index is -0.418. The van der Waals surface area contributed by atoms with Gasteiger partial charge in [0.1, 0.15) is 17.0 Å². The van der Waals surface area contributed by atoms with Gasteiger partial charge < -0.3 is 55.2 Å². The lowest BCUT2D eigenvalue weighted by atomic mass is 9.98. The number of piperidine rings is 6. The number of Topliss-reactive ketones (excluding diaryl/α,β-unsaturated/α-hetero) is 1. The monoisotopic (exact) mass is 822 g/mol. The maximum Gasteiger partial charge on any atom is 0.407 e. The fraction of sp³-hybridized carbons (Fsp3) is 0.932. The van der Waals surface area contributed by atoms with Gasteiger partial charge in [-0.25, -0.2) is 9.59 Å². The molecule has 0 saturated carbocycles. The molecule has 0 aromatic heterocycles. The minimum absolute atomic E-state index is 0.266. The van der Waals surface area contributed by atoms with E-state index in [0.29, 0.717) is 5.78 Å². The van der Waals surface area contributed by atoms with Crippen LogP contribution in [-0.4, -0.2) is 191 Å². The van der Waals surface area contributed by atoms with Crippen molar-refractivity contribution in [1.82, 2.24) is 45.8 Å². The lowest BCUT2D eigenvalue weighted by molar-refractivity contribution is -0.121. The van der Waals surface area contributed by atoms with Crippen molar-refractivity contribution in [3.05, 3.63) is 0 Å². The van der Waals surface area contributed by atoms with E-state index in [0.717, 1.165) is 95.9 Å². The van der Waals surface area contributed by atoms with Crippen molar-refractivity contribution in [3.63, 3.8) is 0 Å². The first kappa shape index (κ1) is 50.3. The molecule has 2 amide bonds. The van der Waals surface area contributed by atoms with Crippen molar-refractivity contribution in [2.24, 2.45) is 0 Å². The van der Waals surface area contributed by atoms with Crippen LogP contribution in [0.1, 0.15) is 119 Å². The standard InChI is InChI=1S/C16H31N3O2.C12H25N3.C10H20N2O2.C6H11NO/c1-16(2,3)21-15(20)17-13-5-11-19(12-6-13)14-7-9-18(4)10-8-14;1-13-11-3-9-15(10-4-11)12-5-7-14(2)8-6-12;1-10(2,3)14-9(13)12-8-4-6-11-7-5-8;1-7-4-2-6(8)3-5-7/h13-14H,5-12H2,1-4H3,(H,17,20);11-13H,3-10H2,1-2H3;8,11H,4-7H2,1-3H3,(H,12,13);2-5H2,1H3. The second-order valence-corrected chi connectivity index (χ2v) is 19.6. The molecule has 0 atom stereocenters. The van der Waals surface area contributed by atoms with E-state index in [1.54, 1.807) is 0 Å². The molecule has 0 aromatic carbocycles. The van der Waals surface area contributed by atoms with Gasteiger partial charge in [-0.3, -0.25) is 4.79 Å². The number of rotatable bonds is 5. The zero-order valence-electron chi connectivity index (χ0n) is 38.6. The Labute approximate surface area is 353 Å². The number of hydrogen-bond donors (Lipinski definition) is 4. The fourth-order valence-electron chi connectivity index (χ4n) is 8.47. The number of hydrogen-bond acceptors (Lipinski definition) is 12. The Balaban J connectivity index is 0.000000217. The molecular formula is C44H87N9O5. The van der Waals surface area contributed by atoms with Gasteiger partial charge in [0.2, 0.25) is 0 Å². The maximum atomic E-state index is 11.8. The van der Waals surface area contributed by atoms with Crippen LogP contribution in [0.2, 0.25) is 0 Å². The molecule has 6 heterocycles. The third-order valence-corrected chi connectivity index (χ3v) is 12.2. The summed E-state index contributed by atoms with van der Waals surface area (Å²) in [7, 11) is 8.58. The Bertz CT molecular complexity index is 1150. The highest BCUT2D eigenvalue weighted by Crippen LogP contribution is 2.22. The van der Waals surface area contributed by atoms with Gasteiger partial charge in [-0.2, -0.15) is 0 Å². The van der Waals surface area contributed by atoms with Crippen LogP contribution in [0.3, 0.4) is 0 Å². The highest BCUT2D eigenvalue weighted by atomic mass is 16.6. The van der Waals surface area contributed by atoms with Gasteiger partial charge in [-0.1, -0.05) is 0 Å². The molecule has 6 fully saturated rings. The van der Waals surface area contributed by atoms with Gasteiger partial charge in [-0.05, 0) is 186 Å². The van der Waals surface area contributed by atoms with Crippen LogP contribution in [0.5, 0.6) is 0 Å². The molecule has 0 unspecified atom stereocenters. The number of nitrogens with one attached hydrogen (secondary N) is 4. The van der Waals surface area contributed by atoms with Gasteiger partial charge in [0.25, 0.3) is 0 Å². The number of ether oxygens (including phenoxy) is 2. The largest absolute Gasteiger partial charge is 0.444 e. The number of carbonyl (C=O) groups excluding carboxylic acids is 3. The average molecular weight is 822 g/mol. The molecule has 0 bridgehead atoms. The molecule has 6 saturated heterocycles. The summed E-state index contributed by atoms with van der Waals surface area (Å²) < 4.78 is 10.5. The summed E-state index contributed by atoms with van der Waals surface area (Å²) in [6.45, 7) is 25.0. The Morgan fingerprint density at radius 3 is 1.22 bits per heavy atom. The van der Waals surface area contributed by atoms with Crippen molar-refractivity contribution < 1.29 is 23.9 Å². The lowest BCUT2D eigenvalue weighted by Crippen LogP contribution is -2.51. The van der Waals surface area contributed by atoms with Crippen LogP contribution in [0.25, 0.3) is 0 Å². The van der Waals surface area contributed by atoms with Gasteiger partial charge in [-0.15, -0.1) is 0 Å². The molecule has 0 aromatic rings. The molecule has 6 rings (SSSR count). The molecule has 14 nitrogen and oxygen atoms in total. The molecular weight excluding hydrogens is 735 g/mol. The predicted molar refractivity (Wildman–Crippen MR) is 236 cm³/mol. The van der Waals surface area contributed by atoms with Crippen LogP contribution in [0.4, 0.5) is 9.59 Å². The summed E-state index contributed by atoms with van der Waals surface area (Å²) in [6.07, 6.45) is 13.0. The Kier molecular flexibility index (Phi) is 22.2. The predicted octanol–water partition coefficient (Wildman–Crippen LogP) is 4.38. The molecule has 6 aliphatic heterocycles. The summed E-state index contributed by atoms with van der Waals surface area (Å²) in [6, 6.07) is 2.92. The normalized spacial score (nSPS) is 23.9. The quantitative estimate of drug-likeness (QED) is 0.314. The third-order valence-electron chi connectivity index (χ3n) is 12.2. The summed E-state index contributed by atoms with van der Waals surface area (Å²) in [5, 5.41) is 12.5. The number of alkyl carbamates (subject to hydrolysis) is 2. The molecule has 14 heteroatoms. The molecule has 338 valence electrons. The van der Waals surface area contributed by atoms with Crippen LogP contribution in [0, 0.1) is 0 Å². The Morgan fingerprint density at radius 2 is 0.879 bits per heavy atom. The number of amides is 2. The Morgan fingerprint density at radius 1 is 0.534 bits per heavy atom. The van der Waals surface area contributed by atoms with Crippen molar-refractivity contribution in [3.8, 4) is 0 Å². The van der Waals surface area contributed by atoms with Crippen LogP contribution in [0.15, 0.2) is 0 Å². The van der Waals surface area contributed by atoms with E-state index in [-0.39, 0.29) is 24.3 Å². The molecule has 4 N–H and O–H groups in total. The van der Waals surface area contributed by atoms with E-state index in [1.165, 1.54) is 77.8 Å². The molecule has 0 spiro atoms. The lowest BCUT2D eigenvalue weighted by Gasteiger charge is -2.41. The van der Waals surface area contributed by atoms with E-state index in [1.807, 2.05) is 48.6 Å². The van der Waals surface area contributed by atoms with E-state index < -0.39 is 11.2 Å². The number of ketones is 1. The van der Waals surface area contributed by atoms with Crippen molar-refractivity contribution >= 4 is 18.0 Å². The van der Waals surface area contributed by atoms with E-state index >= 15 is 0 Å². The molecule has 0 radical (unpaired) electrons. The van der Waals surface area contributed by atoms with Gasteiger partial charge >= 0.3 is 12.2 Å². The van der Waals surface area contributed by atoms with Crippen molar-refractivity contribution in [2.45, 2.75) is 160 Å². The third kappa shape index (κ3) is 21.4.